The fourth-order valence-corrected chi connectivity index (χ4v) is 2.71. The van der Waals surface area contributed by atoms with Gasteiger partial charge in [-0.05, 0) is 33.1 Å². The molecule has 0 aromatic rings. The van der Waals surface area contributed by atoms with Gasteiger partial charge in [-0.1, -0.05) is 32.9 Å². The summed E-state index contributed by atoms with van der Waals surface area (Å²) >= 11 is 0. The second-order valence-corrected chi connectivity index (χ2v) is 8.01. The van der Waals surface area contributed by atoms with Gasteiger partial charge in [-0.3, -0.25) is 0 Å². The lowest BCUT2D eigenvalue weighted by atomic mass is 9.55. The third kappa shape index (κ3) is 2.54. The molecule has 2 aliphatic heterocycles. The molecular formula is C16H26BNO3. The highest BCUT2D eigenvalue weighted by Gasteiger charge is 2.64. The molecule has 4 nitrogen and oxygen atoms in total. The first-order valence-corrected chi connectivity index (χ1v) is 7.55. The van der Waals surface area contributed by atoms with Crippen LogP contribution in [0.3, 0.4) is 0 Å². The number of hydrogen-bond acceptors (Lipinski definition) is 4. The van der Waals surface area contributed by atoms with E-state index in [0.717, 1.165) is 0 Å². The van der Waals surface area contributed by atoms with Crippen molar-refractivity contribution in [3.8, 4) is 6.07 Å². The molecule has 2 unspecified atom stereocenters. The van der Waals surface area contributed by atoms with E-state index in [9.17, 15) is 0 Å². The molecular weight excluding hydrogens is 265 g/mol. The van der Waals surface area contributed by atoms with Crippen molar-refractivity contribution in [1.29, 1.82) is 5.26 Å². The van der Waals surface area contributed by atoms with Crippen molar-refractivity contribution in [3.05, 3.63) is 12.2 Å². The SMILES string of the molecule is CC(C)(C)C1(B2OC(C)(C)C(C)(C)O2)C=CC(CC#N)O1. The molecule has 0 aromatic carbocycles. The minimum atomic E-state index is -0.681. The number of rotatable bonds is 2. The number of hydrogen-bond donors (Lipinski definition) is 0. The predicted molar refractivity (Wildman–Crippen MR) is 82.5 cm³/mol. The topological polar surface area (TPSA) is 51.5 Å². The molecule has 1 saturated heterocycles. The first kappa shape index (κ1) is 16.5. The van der Waals surface area contributed by atoms with Gasteiger partial charge in [0.05, 0.1) is 29.8 Å². The molecule has 0 aliphatic carbocycles. The molecule has 2 aliphatic rings. The van der Waals surface area contributed by atoms with Crippen molar-refractivity contribution in [2.75, 3.05) is 0 Å². The second-order valence-electron chi connectivity index (χ2n) is 8.01. The van der Waals surface area contributed by atoms with E-state index in [1.165, 1.54) is 0 Å². The zero-order valence-electron chi connectivity index (χ0n) is 14.2. The first-order chi connectivity index (χ1) is 9.45. The van der Waals surface area contributed by atoms with Gasteiger partial charge in [0.25, 0.3) is 0 Å². The number of nitriles is 1. The van der Waals surface area contributed by atoms with Crippen LogP contribution in [-0.2, 0) is 14.0 Å². The Hall–Kier alpha value is -0.825. The van der Waals surface area contributed by atoms with Gasteiger partial charge in [-0.15, -0.1) is 0 Å². The molecule has 116 valence electrons. The Balaban J connectivity index is 2.34. The van der Waals surface area contributed by atoms with Gasteiger partial charge in [0.1, 0.15) is 5.50 Å². The maximum absolute atomic E-state index is 8.90. The van der Waals surface area contributed by atoms with Crippen molar-refractivity contribution in [1.82, 2.24) is 0 Å². The zero-order valence-corrected chi connectivity index (χ0v) is 14.2. The summed E-state index contributed by atoms with van der Waals surface area (Å²) < 4.78 is 18.7. The summed E-state index contributed by atoms with van der Waals surface area (Å²) in [6.07, 6.45) is 4.12. The molecule has 0 N–H and O–H groups in total. The third-order valence-corrected chi connectivity index (χ3v) is 4.97. The highest BCUT2D eigenvalue weighted by molar-refractivity contribution is 6.50. The highest BCUT2D eigenvalue weighted by Crippen LogP contribution is 2.49. The molecule has 0 amide bonds. The summed E-state index contributed by atoms with van der Waals surface area (Å²) in [7, 11) is -0.484. The van der Waals surface area contributed by atoms with Gasteiger partial charge in [0.2, 0.25) is 0 Å². The fourth-order valence-electron chi connectivity index (χ4n) is 2.71. The number of nitrogens with zero attached hydrogens (tertiary/aromatic N) is 1. The molecule has 1 fully saturated rings. The fraction of sp³-hybridized carbons (Fsp3) is 0.812. The standard InChI is InChI=1S/C16H26BNO3/c1-13(2,3)16(10-8-12(19-16)9-11-18)17-20-14(4,5)15(6,7)21-17/h8,10,12H,9H2,1-7H3. The zero-order chi connectivity index (χ0) is 16.1. The summed E-state index contributed by atoms with van der Waals surface area (Å²) in [5, 5.41) is 8.90. The van der Waals surface area contributed by atoms with Crippen molar-refractivity contribution in [2.45, 2.75) is 77.7 Å². The van der Waals surface area contributed by atoms with Crippen LogP contribution in [0.4, 0.5) is 0 Å². The summed E-state index contributed by atoms with van der Waals surface area (Å²) in [4.78, 5) is 0. The van der Waals surface area contributed by atoms with E-state index in [-0.39, 0.29) is 11.5 Å². The summed E-state index contributed by atoms with van der Waals surface area (Å²) in [5.41, 5.74) is -1.70. The molecule has 5 heteroatoms. The quantitative estimate of drug-likeness (QED) is 0.579. The Labute approximate surface area is 128 Å². The van der Waals surface area contributed by atoms with Crippen LogP contribution >= 0.6 is 0 Å². The van der Waals surface area contributed by atoms with Crippen LogP contribution in [0.25, 0.3) is 0 Å². The van der Waals surface area contributed by atoms with Crippen LogP contribution in [0.2, 0.25) is 0 Å². The Bertz CT molecular complexity index is 471. The lowest BCUT2D eigenvalue weighted by molar-refractivity contribution is -0.0564. The Morgan fingerprint density at radius 2 is 1.67 bits per heavy atom. The molecule has 21 heavy (non-hydrogen) atoms. The first-order valence-electron chi connectivity index (χ1n) is 7.55. The summed E-state index contributed by atoms with van der Waals surface area (Å²) in [6, 6.07) is 2.16. The van der Waals surface area contributed by atoms with E-state index in [0.29, 0.717) is 6.42 Å². The van der Waals surface area contributed by atoms with Crippen LogP contribution in [0.5, 0.6) is 0 Å². The summed E-state index contributed by atoms with van der Waals surface area (Å²) in [6.45, 7) is 14.5. The Morgan fingerprint density at radius 3 is 2.10 bits per heavy atom. The predicted octanol–water partition coefficient (Wildman–Crippen LogP) is 3.27. The van der Waals surface area contributed by atoms with Crippen LogP contribution in [0.15, 0.2) is 12.2 Å². The molecule has 2 heterocycles. The van der Waals surface area contributed by atoms with Gasteiger partial charge in [0, 0.05) is 0 Å². The highest BCUT2D eigenvalue weighted by atomic mass is 16.7. The lowest BCUT2D eigenvalue weighted by Crippen LogP contribution is -2.57. The van der Waals surface area contributed by atoms with Crippen LogP contribution in [0, 0.1) is 16.7 Å². The Kier molecular flexibility index (Phi) is 3.81. The van der Waals surface area contributed by atoms with Gasteiger partial charge in [-0.2, -0.15) is 5.26 Å². The minimum absolute atomic E-state index is 0.201. The van der Waals surface area contributed by atoms with Gasteiger partial charge < -0.3 is 14.0 Å². The largest absolute Gasteiger partial charge is 0.497 e. The monoisotopic (exact) mass is 291 g/mol. The van der Waals surface area contributed by atoms with Crippen LogP contribution in [-0.4, -0.2) is 29.9 Å². The molecule has 0 radical (unpaired) electrons. The van der Waals surface area contributed by atoms with E-state index in [1.807, 2.05) is 39.8 Å². The third-order valence-electron chi connectivity index (χ3n) is 4.97. The second kappa shape index (κ2) is 4.84. The molecule has 0 aromatic heterocycles. The molecule has 2 atom stereocenters. The molecule has 0 spiro atoms. The van der Waals surface area contributed by atoms with Crippen LogP contribution in [0.1, 0.15) is 54.9 Å². The number of ether oxygens (including phenoxy) is 1. The van der Waals surface area contributed by atoms with E-state index in [1.54, 1.807) is 0 Å². The molecule has 2 rings (SSSR count). The minimum Gasteiger partial charge on any atom is -0.401 e. The maximum atomic E-state index is 8.90. The molecule has 0 bridgehead atoms. The Morgan fingerprint density at radius 1 is 1.14 bits per heavy atom. The van der Waals surface area contributed by atoms with E-state index < -0.39 is 23.8 Å². The maximum Gasteiger partial charge on any atom is 0.497 e. The van der Waals surface area contributed by atoms with E-state index in [4.69, 9.17) is 19.3 Å². The van der Waals surface area contributed by atoms with Crippen LogP contribution < -0.4 is 0 Å². The van der Waals surface area contributed by atoms with Gasteiger partial charge in [0.15, 0.2) is 0 Å². The summed E-state index contributed by atoms with van der Waals surface area (Å²) in [5.74, 6) is 0. The van der Waals surface area contributed by atoms with E-state index in [2.05, 4.69) is 26.8 Å². The average molecular weight is 291 g/mol. The average Bonchev–Trinajstić information content (AvgIpc) is 2.80. The van der Waals surface area contributed by atoms with E-state index >= 15 is 0 Å². The normalized spacial score (nSPS) is 34.2. The van der Waals surface area contributed by atoms with Crippen molar-refractivity contribution < 1.29 is 14.0 Å². The van der Waals surface area contributed by atoms with Gasteiger partial charge in [-0.25, -0.2) is 0 Å². The van der Waals surface area contributed by atoms with Crippen molar-refractivity contribution in [2.24, 2.45) is 5.41 Å². The van der Waals surface area contributed by atoms with Crippen molar-refractivity contribution in [3.63, 3.8) is 0 Å². The van der Waals surface area contributed by atoms with Gasteiger partial charge >= 0.3 is 7.12 Å². The van der Waals surface area contributed by atoms with Crippen molar-refractivity contribution >= 4 is 7.12 Å². The smallest absolute Gasteiger partial charge is 0.401 e. The lowest BCUT2D eigenvalue weighted by Gasteiger charge is -2.41. The molecule has 0 saturated carbocycles.